The van der Waals surface area contributed by atoms with Crippen molar-refractivity contribution in [3.05, 3.63) is 10.9 Å². The quantitative estimate of drug-likeness (QED) is 0.328. The van der Waals surface area contributed by atoms with Gasteiger partial charge in [-0.1, -0.05) is 13.3 Å². The van der Waals surface area contributed by atoms with Crippen LogP contribution in [0.15, 0.2) is 6.07 Å². The van der Waals surface area contributed by atoms with Crippen LogP contribution in [0.1, 0.15) is 18.2 Å². The number of amidine groups is 2. The van der Waals surface area contributed by atoms with Gasteiger partial charge in [-0.2, -0.15) is 18.2 Å². The van der Waals surface area contributed by atoms with Gasteiger partial charge in [-0.15, -0.1) is 11.3 Å². The molecule has 0 bridgehead atoms. The lowest BCUT2D eigenvalue weighted by molar-refractivity contribution is -0.135. The third-order valence-corrected chi connectivity index (χ3v) is 6.07. The summed E-state index contributed by atoms with van der Waals surface area (Å²) in [5.74, 6) is -2.65. The SMILES string of the molecule is CCCc1cc2c(N3CCN(C(=N)C(F)(F)F)C(=N)C3)nc(N(CCO)CC(=O)O)nc2s1. The van der Waals surface area contributed by atoms with E-state index in [-0.39, 0.29) is 38.7 Å². The molecule has 1 fully saturated rings. The highest BCUT2D eigenvalue weighted by atomic mass is 32.1. The summed E-state index contributed by atoms with van der Waals surface area (Å²) >= 11 is 1.42. The summed E-state index contributed by atoms with van der Waals surface area (Å²) in [6.45, 7) is 0.889. The molecule has 1 aliphatic heterocycles. The first kappa shape index (κ1) is 24.6. The first-order valence-electron chi connectivity index (χ1n) is 10.2. The Hall–Kier alpha value is -3.00. The van der Waals surface area contributed by atoms with Crippen molar-refractivity contribution in [3.8, 4) is 0 Å². The highest BCUT2D eigenvalue weighted by Gasteiger charge is 2.41. The van der Waals surface area contributed by atoms with Gasteiger partial charge in [0.25, 0.3) is 0 Å². The Bertz CT molecular complexity index is 1060. The summed E-state index contributed by atoms with van der Waals surface area (Å²) in [6, 6.07) is 1.91. The number of halogens is 3. The van der Waals surface area contributed by atoms with Crippen molar-refractivity contribution in [2.45, 2.75) is 25.9 Å². The molecule has 2 aromatic heterocycles. The van der Waals surface area contributed by atoms with Gasteiger partial charge in [0.1, 0.15) is 23.0 Å². The van der Waals surface area contributed by atoms with E-state index in [2.05, 4.69) is 9.97 Å². The van der Waals surface area contributed by atoms with Crippen LogP contribution in [0, 0.1) is 10.8 Å². The minimum atomic E-state index is -4.85. The van der Waals surface area contributed by atoms with Crippen molar-refractivity contribution in [1.29, 1.82) is 10.8 Å². The van der Waals surface area contributed by atoms with Gasteiger partial charge < -0.3 is 24.9 Å². The number of thiophene rings is 1. The fourth-order valence-corrected chi connectivity index (χ4v) is 4.63. The van der Waals surface area contributed by atoms with Gasteiger partial charge in [0.15, 0.2) is 0 Å². The van der Waals surface area contributed by atoms with Gasteiger partial charge in [0.2, 0.25) is 11.8 Å². The lowest BCUT2D eigenvalue weighted by atomic mass is 10.2. The number of hydrogen-bond donors (Lipinski definition) is 4. The van der Waals surface area contributed by atoms with E-state index < -0.39 is 30.4 Å². The van der Waals surface area contributed by atoms with E-state index in [1.807, 2.05) is 13.0 Å². The number of carboxylic acid groups (broad SMARTS) is 1. The van der Waals surface area contributed by atoms with Gasteiger partial charge in [-0.05, 0) is 12.5 Å². The van der Waals surface area contributed by atoms with Crippen LogP contribution in [0.4, 0.5) is 24.9 Å². The van der Waals surface area contributed by atoms with Gasteiger partial charge in [-0.3, -0.25) is 15.6 Å². The second-order valence-electron chi connectivity index (χ2n) is 7.43. The monoisotopic (exact) mass is 487 g/mol. The molecule has 1 aliphatic rings. The number of aliphatic carboxylic acids is 1. The number of piperazine rings is 1. The molecule has 3 rings (SSSR count). The van der Waals surface area contributed by atoms with Crippen LogP contribution in [0.3, 0.4) is 0 Å². The highest BCUT2D eigenvalue weighted by Crippen LogP contribution is 2.34. The Morgan fingerprint density at radius 3 is 2.64 bits per heavy atom. The third-order valence-electron chi connectivity index (χ3n) is 4.99. The average Bonchev–Trinajstić information content (AvgIpc) is 3.14. The van der Waals surface area contributed by atoms with Crippen LogP contribution in [0.5, 0.6) is 0 Å². The molecule has 1 saturated heterocycles. The van der Waals surface area contributed by atoms with Crippen LogP contribution >= 0.6 is 11.3 Å². The number of carbonyl (C=O) groups is 1. The molecule has 180 valence electrons. The van der Waals surface area contributed by atoms with Gasteiger partial charge in [0, 0.05) is 24.5 Å². The van der Waals surface area contributed by atoms with Gasteiger partial charge >= 0.3 is 12.1 Å². The molecule has 0 unspecified atom stereocenters. The third kappa shape index (κ3) is 5.50. The van der Waals surface area contributed by atoms with E-state index in [0.29, 0.717) is 20.9 Å². The van der Waals surface area contributed by atoms with Crippen LogP contribution in [-0.2, 0) is 11.2 Å². The van der Waals surface area contributed by atoms with Gasteiger partial charge in [-0.25, -0.2) is 4.98 Å². The van der Waals surface area contributed by atoms with Crippen molar-refractivity contribution in [3.63, 3.8) is 0 Å². The molecule has 0 spiro atoms. The lowest BCUT2D eigenvalue weighted by Crippen LogP contribution is -2.55. The van der Waals surface area contributed by atoms with Crippen LogP contribution in [0.2, 0.25) is 0 Å². The predicted molar refractivity (Wildman–Crippen MR) is 119 cm³/mol. The van der Waals surface area contributed by atoms with Crippen molar-refractivity contribution < 1.29 is 28.2 Å². The summed E-state index contributed by atoms with van der Waals surface area (Å²) in [5.41, 5.74) is 0. The fourth-order valence-electron chi connectivity index (χ4n) is 3.51. The minimum absolute atomic E-state index is 0.0171. The zero-order valence-corrected chi connectivity index (χ0v) is 18.6. The molecule has 33 heavy (non-hydrogen) atoms. The number of fused-ring (bicyclic) bond motifs is 1. The van der Waals surface area contributed by atoms with E-state index in [1.165, 1.54) is 16.2 Å². The number of anilines is 2. The predicted octanol–water partition coefficient (Wildman–Crippen LogP) is 2.17. The molecule has 0 atom stereocenters. The summed E-state index contributed by atoms with van der Waals surface area (Å²) in [5, 5.41) is 34.7. The zero-order valence-electron chi connectivity index (χ0n) is 17.8. The Balaban J connectivity index is 2.01. The van der Waals surface area contributed by atoms with Gasteiger partial charge in [0.05, 0.1) is 18.5 Å². The van der Waals surface area contributed by atoms with Crippen LogP contribution in [-0.4, -0.2) is 88.2 Å². The topological polar surface area (TPSA) is 141 Å². The number of rotatable bonds is 8. The van der Waals surface area contributed by atoms with Crippen molar-refractivity contribution in [2.75, 3.05) is 49.1 Å². The number of carboxylic acids is 1. The second kappa shape index (κ2) is 9.87. The minimum Gasteiger partial charge on any atom is -0.480 e. The molecule has 0 aliphatic carbocycles. The molecule has 10 nitrogen and oxygen atoms in total. The number of nitrogens with zero attached hydrogens (tertiary/aromatic N) is 5. The Labute approximate surface area is 191 Å². The first-order chi connectivity index (χ1) is 15.5. The van der Waals surface area contributed by atoms with Crippen molar-refractivity contribution in [2.24, 2.45) is 0 Å². The van der Waals surface area contributed by atoms with E-state index >= 15 is 0 Å². The molecular formula is C19H24F3N7O3S. The van der Waals surface area contributed by atoms with Crippen molar-refractivity contribution in [1.82, 2.24) is 14.9 Å². The Morgan fingerprint density at radius 1 is 1.33 bits per heavy atom. The molecule has 3 heterocycles. The van der Waals surface area contributed by atoms with E-state index in [1.54, 1.807) is 4.90 Å². The average molecular weight is 488 g/mol. The summed E-state index contributed by atoms with van der Waals surface area (Å²) in [7, 11) is 0. The molecule has 0 aromatic carbocycles. The number of aliphatic hydroxyl groups excluding tert-OH is 1. The number of aromatic nitrogens is 2. The maximum atomic E-state index is 13.0. The van der Waals surface area contributed by atoms with E-state index in [9.17, 15) is 28.2 Å². The smallest absolute Gasteiger partial charge is 0.449 e. The number of aryl methyl sites for hydroxylation is 1. The summed E-state index contributed by atoms with van der Waals surface area (Å²) in [4.78, 5) is 25.5. The lowest BCUT2D eigenvalue weighted by Gasteiger charge is -2.37. The number of alkyl halides is 3. The zero-order chi connectivity index (χ0) is 24.3. The highest BCUT2D eigenvalue weighted by molar-refractivity contribution is 7.18. The van der Waals surface area contributed by atoms with Crippen LogP contribution < -0.4 is 9.80 Å². The summed E-state index contributed by atoms with van der Waals surface area (Å²) < 4.78 is 38.9. The molecular weight excluding hydrogens is 463 g/mol. The summed E-state index contributed by atoms with van der Waals surface area (Å²) in [6.07, 6.45) is -3.17. The molecule has 0 saturated carbocycles. The molecule has 0 amide bonds. The maximum Gasteiger partial charge on any atom is 0.449 e. The molecule has 14 heteroatoms. The first-order valence-corrected chi connectivity index (χ1v) is 11.0. The standard InChI is InChI=1S/C19H24F3N7O3S/c1-2-3-11-8-12-15(27-4-5-29(13(23)9-27)17(24)19(20,21)22)25-18(26-16(12)33-11)28(6-7-30)10-14(31)32/h8,23-24,30H,2-7,9-10H2,1H3,(H,31,32). The number of aliphatic hydroxyl groups is 1. The Kier molecular flexibility index (Phi) is 7.37. The fraction of sp³-hybridized carbons (Fsp3) is 0.526. The maximum absolute atomic E-state index is 13.0. The van der Waals surface area contributed by atoms with Crippen LogP contribution in [0.25, 0.3) is 10.2 Å². The van der Waals surface area contributed by atoms with E-state index in [0.717, 1.165) is 17.7 Å². The molecule has 4 N–H and O–H groups in total. The largest absolute Gasteiger partial charge is 0.480 e. The molecule has 2 aromatic rings. The second-order valence-corrected chi connectivity index (χ2v) is 8.55. The number of hydrogen-bond acceptors (Lipinski definition) is 9. The number of nitrogens with one attached hydrogen (secondary N) is 2. The molecule has 0 radical (unpaired) electrons. The van der Waals surface area contributed by atoms with Crippen molar-refractivity contribution >= 4 is 51.0 Å². The Morgan fingerprint density at radius 2 is 2.06 bits per heavy atom. The van der Waals surface area contributed by atoms with E-state index in [4.69, 9.17) is 10.8 Å². The normalized spacial score (nSPS) is 14.8.